The quantitative estimate of drug-likeness (QED) is 0.749. The molecule has 14 heavy (non-hydrogen) atoms. The number of rotatable bonds is 4. The van der Waals surface area contributed by atoms with E-state index in [4.69, 9.17) is 5.11 Å². The number of hydrogen-bond donors (Lipinski definition) is 1. The van der Waals surface area contributed by atoms with Crippen LogP contribution in [0.25, 0.3) is 0 Å². The number of aliphatic hydroxyl groups is 1. The fraction of sp³-hybridized carbons (Fsp3) is 1.00. The van der Waals surface area contributed by atoms with Gasteiger partial charge in [-0.3, -0.25) is 0 Å². The van der Waals surface area contributed by atoms with Crippen LogP contribution in [-0.2, 0) is 10.0 Å². The minimum absolute atomic E-state index is 0.0624. The number of piperidine rings is 1. The van der Waals surface area contributed by atoms with E-state index in [0.717, 1.165) is 19.3 Å². The van der Waals surface area contributed by atoms with E-state index in [9.17, 15) is 8.42 Å². The molecule has 0 aromatic rings. The maximum Gasteiger partial charge on any atom is 0.214 e. The van der Waals surface area contributed by atoms with Crippen molar-refractivity contribution < 1.29 is 13.5 Å². The summed E-state index contributed by atoms with van der Waals surface area (Å²) in [5.41, 5.74) is 0. The van der Waals surface area contributed by atoms with Crippen LogP contribution >= 0.6 is 0 Å². The average molecular weight is 221 g/mol. The third kappa shape index (κ3) is 3.22. The van der Waals surface area contributed by atoms with Crippen molar-refractivity contribution in [3.8, 4) is 0 Å². The van der Waals surface area contributed by atoms with Crippen molar-refractivity contribution in [3.63, 3.8) is 0 Å². The SMILES string of the molecule is CC(CO)CS(=O)(=O)N1CCCCC1. The van der Waals surface area contributed by atoms with Gasteiger partial charge in [0.1, 0.15) is 0 Å². The Morgan fingerprint density at radius 2 is 1.86 bits per heavy atom. The molecule has 1 rings (SSSR count). The molecule has 0 amide bonds. The molecule has 1 unspecified atom stereocenters. The number of hydrogen-bond acceptors (Lipinski definition) is 3. The van der Waals surface area contributed by atoms with Gasteiger partial charge in [-0.05, 0) is 18.8 Å². The highest BCUT2D eigenvalue weighted by atomic mass is 32.2. The molecular weight excluding hydrogens is 202 g/mol. The molecule has 1 aliphatic rings. The van der Waals surface area contributed by atoms with Crippen LogP contribution in [0.1, 0.15) is 26.2 Å². The minimum Gasteiger partial charge on any atom is -0.396 e. The van der Waals surface area contributed by atoms with E-state index in [1.807, 2.05) is 0 Å². The molecule has 0 aromatic carbocycles. The summed E-state index contributed by atoms with van der Waals surface area (Å²) in [6, 6.07) is 0. The van der Waals surface area contributed by atoms with Crippen molar-refractivity contribution in [1.82, 2.24) is 4.31 Å². The molecule has 0 bridgehead atoms. The molecule has 1 heterocycles. The molecule has 0 spiro atoms. The second-order valence-corrected chi connectivity index (χ2v) is 6.04. The summed E-state index contributed by atoms with van der Waals surface area (Å²) in [5, 5.41) is 8.81. The van der Waals surface area contributed by atoms with Gasteiger partial charge in [-0.25, -0.2) is 12.7 Å². The molecule has 1 aliphatic heterocycles. The molecular formula is C9H19NO3S. The molecule has 84 valence electrons. The number of nitrogens with zero attached hydrogens (tertiary/aromatic N) is 1. The van der Waals surface area contributed by atoms with Crippen LogP contribution in [0.4, 0.5) is 0 Å². The summed E-state index contributed by atoms with van der Waals surface area (Å²) in [7, 11) is -3.12. The third-order valence-electron chi connectivity index (χ3n) is 2.52. The van der Waals surface area contributed by atoms with E-state index in [0.29, 0.717) is 13.1 Å². The van der Waals surface area contributed by atoms with Crippen molar-refractivity contribution >= 4 is 10.0 Å². The molecule has 5 heteroatoms. The zero-order valence-electron chi connectivity index (χ0n) is 8.65. The van der Waals surface area contributed by atoms with Crippen LogP contribution in [0.2, 0.25) is 0 Å². The number of sulfonamides is 1. The Bertz CT molecular complexity index is 257. The van der Waals surface area contributed by atoms with Gasteiger partial charge >= 0.3 is 0 Å². The predicted octanol–water partition coefficient (Wildman–Crippen LogP) is 0.430. The Labute approximate surface area is 86.0 Å². The molecule has 1 fully saturated rings. The molecule has 1 N–H and O–H groups in total. The normalized spacial score (nSPS) is 22.1. The second-order valence-electron chi connectivity index (χ2n) is 4.03. The lowest BCUT2D eigenvalue weighted by Gasteiger charge is -2.26. The molecule has 0 aliphatic carbocycles. The second kappa shape index (κ2) is 5.09. The Morgan fingerprint density at radius 3 is 2.36 bits per heavy atom. The van der Waals surface area contributed by atoms with Crippen LogP contribution in [0.15, 0.2) is 0 Å². The lowest BCUT2D eigenvalue weighted by molar-refractivity contribution is 0.246. The minimum atomic E-state index is -3.12. The Balaban J connectivity index is 2.54. The van der Waals surface area contributed by atoms with Gasteiger partial charge in [-0.1, -0.05) is 13.3 Å². The van der Waals surface area contributed by atoms with Gasteiger partial charge in [0.05, 0.1) is 5.75 Å². The molecule has 0 saturated carbocycles. The van der Waals surface area contributed by atoms with Gasteiger partial charge in [0.2, 0.25) is 10.0 Å². The first-order chi connectivity index (χ1) is 6.56. The highest BCUT2D eigenvalue weighted by Crippen LogP contribution is 2.15. The molecule has 1 saturated heterocycles. The molecule has 0 radical (unpaired) electrons. The van der Waals surface area contributed by atoms with E-state index in [2.05, 4.69) is 0 Å². The first-order valence-electron chi connectivity index (χ1n) is 5.15. The zero-order chi connectivity index (χ0) is 10.6. The lowest BCUT2D eigenvalue weighted by atomic mass is 10.2. The summed E-state index contributed by atoms with van der Waals surface area (Å²) in [6.45, 7) is 3.00. The summed E-state index contributed by atoms with van der Waals surface area (Å²) in [6.07, 6.45) is 3.06. The summed E-state index contributed by atoms with van der Waals surface area (Å²) >= 11 is 0. The van der Waals surface area contributed by atoms with Gasteiger partial charge < -0.3 is 5.11 Å². The van der Waals surface area contributed by atoms with Crippen LogP contribution in [0.5, 0.6) is 0 Å². The van der Waals surface area contributed by atoms with Crippen molar-refractivity contribution in [2.45, 2.75) is 26.2 Å². The monoisotopic (exact) mass is 221 g/mol. The van der Waals surface area contributed by atoms with Gasteiger partial charge in [-0.15, -0.1) is 0 Å². The van der Waals surface area contributed by atoms with Crippen molar-refractivity contribution in [2.24, 2.45) is 5.92 Å². The standard InChI is InChI=1S/C9H19NO3S/c1-9(7-11)8-14(12,13)10-5-3-2-4-6-10/h9,11H,2-8H2,1H3. The lowest BCUT2D eigenvalue weighted by Crippen LogP contribution is -2.38. The third-order valence-corrected chi connectivity index (χ3v) is 4.66. The van der Waals surface area contributed by atoms with Crippen molar-refractivity contribution in [1.29, 1.82) is 0 Å². The van der Waals surface area contributed by atoms with E-state index < -0.39 is 10.0 Å². The van der Waals surface area contributed by atoms with Crippen LogP contribution in [0.3, 0.4) is 0 Å². The van der Waals surface area contributed by atoms with Gasteiger partial charge in [0.25, 0.3) is 0 Å². The summed E-state index contributed by atoms with van der Waals surface area (Å²) < 4.78 is 25.1. The van der Waals surface area contributed by atoms with E-state index >= 15 is 0 Å². The van der Waals surface area contributed by atoms with Gasteiger partial charge in [0.15, 0.2) is 0 Å². The Morgan fingerprint density at radius 1 is 1.29 bits per heavy atom. The average Bonchev–Trinajstić information content (AvgIpc) is 2.18. The van der Waals surface area contributed by atoms with E-state index in [1.54, 1.807) is 11.2 Å². The fourth-order valence-corrected chi connectivity index (χ4v) is 3.51. The molecule has 4 nitrogen and oxygen atoms in total. The largest absolute Gasteiger partial charge is 0.396 e. The highest BCUT2D eigenvalue weighted by molar-refractivity contribution is 7.89. The first kappa shape index (κ1) is 11.9. The first-order valence-corrected chi connectivity index (χ1v) is 6.76. The van der Waals surface area contributed by atoms with E-state index in [1.165, 1.54) is 0 Å². The van der Waals surface area contributed by atoms with E-state index in [-0.39, 0.29) is 18.3 Å². The maximum absolute atomic E-state index is 11.8. The number of aliphatic hydroxyl groups excluding tert-OH is 1. The Hall–Kier alpha value is -0.130. The maximum atomic E-state index is 11.8. The highest BCUT2D eigenvalue weighted by Gasteiger charge is 2.25. The smallest absolute Gasteiger partial charge is 0.214 e. The topological polar surface area (TPSA) is 57.6 Å². The molecule has 0 aromatic heterocycles. The fourth-order valence-electron chi connectivity index (χ4n) is 1.66. The van der Waals surface area contributed by atoms with Crippen LogP contribution in [0, 0.1) is 5.92 Å². The van der Waals surface area contributed by atoms with Crippen LogP contribution < -0.4 is 0 Å². The predicted molar refractivity (Wildman–Crippen MR) is 55.5 cm³/mol. The van der Waals surface area contributed by atoms with Crippen LogP contribution in [-0.4, -0.2) is 43.3 Å². The van der Waals surface area contributed by atoms with Crippen molar-refractivity contribution in [3.05, 3.63) is 0 Å². The zero-order valence-corrected chi connectivity index (χ0v) is 9.46. The Kier molecular flexibility index (Phi) is 4.34. The van der Waals surface area contributed by atoms with Gasteiger partial charge in [0, 0.05) is 19.7 Å². The summed E-state index contributed by atoms with van der Waals surface area (Å²) in [4.78, 5) is 0. The van der Waals surface area contributed by atoms with Gasteiger partial charge in [-0.2, -0.15) is 0 Å². The van der Waals surface area contributed by atoms with Crippen molar-refractivity contribution in [2.75, 3.05) is 25.4 Å². The molecule has 1 atom stereocenters. The summed E-state index contributed by atoms with van der Waals surface area (Å²) in [5.74, 6) is -0.0920.